The number of rotatable bonds is 6. The normalized spacial score (nSPS) is 12.5. The first-order valence-electron chi connectivity index (χ1n) is 11.1. The van der Waals surface area contributed by atoms with Gasteiger partial charge in [0.25, 0.3) is 0 Å². The van der Waals surface area contributed by atoms with Gasteiger partial charge in [0.1, 0.15) is 5.69 Å². The lowest BCUT2D eigenvalue weighted by Crippen LogP contribution is -2.23. The van der Waals surface area contributed by atoms with Crippen molar-refractivity contribution in [3.8, 4) is 11.1 Å². The highest BCUT2D eigenvalue weighted by molar-refractivity contribution is 6.31. The van der Waals surface area contributed by atoms with Gasteiger partial charge in [0.05, 0.1) is 23.3 Å². The molecule has 3 aromatic heterocycles. The van der Waals surface area contributed by atoms with Gasteiger partial charge in [0, 0.05) is 29.7 Å². The molecule has 6 nitrogen and oxygen atoms in total. The van der Waals surface area contributed by atoms with E-state index in [1.165, 1.54) is 0 Å². The Kier molecular flexibility index (Phi) is 5.34. The number of hydrogen-bond donors (Lipinski definition) is 0. The molecule has 6 heteroatoms. The summed E-state index contributed by atoms with van der Waals surface area (Å²) in [6.45, 7) is 2.34. The Morgan fingerprint density at radius 3 is 2.39 bits per heavy atom. The second-order valence-corrected chi connectivity index (χ2v) is 8.05. The molecule has 3 heterocycles. The zero-order valence-corrected chi connectivity index (χ0v) is 18.2. The predicted octanol–water partition coefficient (Wildman–Crippen LogP) is 5.12. The summed E-state index contributed by atoms with van der Waals surface area (Å²) in [7, 11) is 0. The predicted molar refractivity (Wildman–Crippen MR) is 124 cm³/mol. The molecule has 0 fully saturated rings. The van der Waals surface area contributed by atoms with Crippen molar-refractivity contribution in [2.24, 2.45) is 0 Å². The molecule has 33 heavy (non-hydrogen) atoms. The molecule has 0 atom stereocenters. The zero-order valence-electron chi connectivity index (χ0n) is 18.2. The Bertz CT molecular complexity index is 1400. The average Bonchev–Trinajstić information content (AvgIpc) is 3.20. The van der Waals surface area contributed by atoms with Crippen LogP contribution >= 0.6 is 0 Å². The number of carbonyl (C=O) groups is 3. The van der Waals surface area contributed by atoms with E-state index in [2.05, 4.69) is 11.9 Å². The van der Waals surface area contributed by atoms with Crippen molar-refractivity contribution in [3.63, 3.8) is 0 Å². The van der Waals surface area contributed by atoms with Crippen LogP contribution in [0.5, 0.6) is 0 Å². The van der Waals surface area contributed by atoms with Crippen LogP contribution in [0.4, 0.5) is 0 Å². The molecule has 0 radical (unpaired) electrons. The molecule has 0 spiro atoms. The molecule has 1 aliphatic carbocycles. The lowest BCUT2D eigenvalue weighted by Gasteiger charge is -2.15. The number of benzene rings is 1. The fourth-order valence-electron chi connectivity index (χ4n) is 4.36. The fraction of sp³-hybridized carbons (Fsp3) is 0.185. The van der Waals surface area contributed by atoms with Crippen LogP contribution in [0.1, 0.15) is 68.5 Å². The number of carbonyl (C=O) groups excluding carboxylic acids is 3. The third-order valence-corrected chi connectivity index (χ3v) is 6.00. The summed E-state index contributed by atoms with van der Waals surface area (Å²) in [5.74, 6) is -1.20. The molecule has 0 bridgehead atoms. The van der Waals surface area contributed by atoms with E-state index in [0.717, 1.165) is 30.4 Å². The molecular formula is C27H22N2O4. The van der Waals surface area contributed by atoms with Crippen molar-refractivity contribution in [3.05, 3.63) is 95.1 Å². The minimum atomic E-state index is -0.586. The highest BCUT2D eigenvalue weighted by Gasteiger charge is 2.38. The van der Waals surface area contributed by atoms with E-state index >= 15 is 0 Å². The minimum absolute atomic E-state index is 0.117. The van der Waals surface area contributed by atoms with E-state index in [9.17, 15) is 14.4 Å². The Balaban J connectivity index is 1.72. The number of ether oxygens (including phenoxy) is 1. The molecular weight excluding hydrogens is 416 g/mol. The number of fused-ring (bicyclic) bond motifs is 4. The van der Waals surface area contributed by atoms with Gasteiger partial charge in [0.2, 0.25) is 5.78 Å². The zero-order chi connectivity index (χ0) is 22.9. The van der Waals surface area contributed by atoms with Gasteiger partial charge in [-0.15, -0.1) is 0 Å². The number of hydrogen-bond acceptors (Lipinski definition) is 5. The summed E-state index contributed by atoms with van der Waals surface area (Å²) in [6.07, 6.45) is 7.80. The van der Waals surface area contributed by atoms with E-state index in [0.29, 0.717) is 16.6 Å². The minimum Gasteiger partial charge on any atom is -0.462 e. The Morgan fingerprint density at radius 2 is 1.67 bits per heavy atom. The number of nitrogens with zero attached hydrogens (tertiary/aromatic N) is 2. The van der Waals surface area contributed by atoms with E-state index in [-0.39, 0.29) is 35.0 Å². The smallest absolute Gasteiger partial charge is 0.341 e. The first-order valence-corrected chi connectivity index (χ1v) is 11.1. The molecule has 0 saturated heterocycles. The summed E-state index contributed by atoms with van der Waals surface area (Å²) in [4.78, 5) is 44.2. The van der Waals surface area contributed by atoms with Gasteiger partial charge >= 0.3 is 5.97 Å². The Morgan fingerprint density at radius 1 is 0.939 bits per heavy atom. The maximum Gasteiger partial charge on any atom is 0.341 e. The van der Waals surface area contributed by atoms with Crippen LogP contribution in [0.25, 0.3) is 16.6 Å². The molecule has 1 aliphatic rings. The maximum absolute atomic E-state index is 13.5. The van der Waals surface area contributed by atoms with Gasteiger partial charge in [0.15, 0.2) is 5.78 Å². The standard InChI is InChI=1S/C27H22N2O4/c1-2-3-6-15-33-27(32)22-21-16-18(17-9-12-28-13-10-17)11-14-29(21)24-23(22)25(30)19-7-4-5-8-20(19)26(24)31/h4-5,7-14,16H,2-3,6,15H2,1H3. The topological polar surface area (TPSA) is 77.7 Å². The van der Waals surface area contributed by atoms with Crippen molar-refractivity contribution in [2.45, 2.75) is 26.2 Å². The van der Waals surface area contributed by atoms with Crippen LogP contribution in [0.3, 0.4) is 0 Å². The van der Waals surface area contributed by atoms with E-state index in [1.54, 1.807) is 47.3 Å². The second-order valence-electron chi connectivity index (χ2n) is 8.05. The van der Waals surface area contributed by atoms with Gasteiger partial charge in [-0.3, -0.25) is 14.6 Å². The van der Waals surface area contributed by atoms with Crippen molar-refractivity contribution < 1.29 is 19.1 Å². The molecule has 1 aromatic carbocycles. The van der Waals surface area contributed by atoms with Crippen molar-refractivity contribution in [2.75, 3.05) is 6.61 Å². The third-order valence-electron chi connectivity index (χ3n) is 6.00. The van der Waals surface area contributed by atoms with Gasteiger partial charge in [-0.25, -0.2) is 4.79 Å². The monoisotopic (exact) mass is 438 g/mol. The van der Waals surface area contributed by atoms with Crippen LogP contribution in [0, 0.1) is 0 Å². The van der Waals surface area contributed by atoms with Crippen molar-refractivity contribution in [1.82, 2.24) is 9.38 Å². The maximum atomic E-state index is 13.5. The lowest BCUT2D eigenvalue weighted by molar-refractivity contribution is 0.0498. The number of pyridine rings is 2. The number of unbranched alkanes of at least 4 members (excludes halogenated alkanes) is 2. The van der Waals surface area contributed by atoms with Crippen LogP contribution in [-0.2, 0) is 4.74 Å². The van der Waals surface area contributed by atoms with Gasteiger partial charge in [-0.1, -0.05) is 44.0 Å². The van der Waals surface area contributed by atoms with Crippen molar-refractivity contribution in [1.29, 1.82) is 0 Å². The van der Waals surface area contributed by atoms with Gasteiger partial charge < -0.3 is 9.14 Å². The summed E-state index contributed by atoms with van der Waals surface area (Å²) in [5.41, 5.74) is 3.35. The van der Waals surface area contributed by atoms with Crippen LogP contribution < -0.4 is 0 Å². The molecule has 0 amide bonds. The molecule has 0 saturated carbocycles. The third kappa shape index (κ3) is 3.44. The lowest BCUT2D eigenvalue weighted by atomic mass is 9.86. The Hall–Kier alpha value is -4.06. The number of esters is 1. The van der Waals surface area contributed by atoms with E-state index < -0.39 is 5.97 Å². The van der Waals surface area contributed by atoms with Crippen molar-refractivity contribution >= 4 is 23.1 Å². The van der Waals surface area contributed by atoms with Crippen LogP contribution in [-0.4, -0.2) is 33.5 Å². The molecule has 0 unspecified atom stereocenters. The molecule has 0 aliphatic heterocycles. The van der Waals surface area contributed by atoms with E-state index in [4.69, 9.17) is 4.74 Å². The fourth-order valence-corrected chi connectivity index (χ4v) is 4.36. The van der Waals surface area contributed by atoms with Gasteiger partial charge in [-0.05, 0) is 41.8 Å². The number of aromatic nitrogens is 2. The second kappa shape index (κ2) is 8.47. The Labute approximate surface area is 190 Å². The first kappa shape index (κ1) is 20.8. The molecule has 5 rings (SSSR count). The summed E-state index contributed by atoms with van der Waals surface area (Å²) in [6, 6.07) is 14.1. The van der Waals surface area contributed by atoms with E-state index in [1.807, 2.05) is 24.3 Å². The summed E-state index contributed by atoms with van der Waals surface area (Å²) >= 11 is 0. The number of ketones is 2. The van der Waals surface area contributed by atoms with Crippen LogP contribution in [0.15, 0.2) is 67.1 Å². The van der Waals surface area contributed by atoms with Gasteiger partial charge in [-0.2, -0.15) is 0 Å². The summed E-state index contributed by atoms with van der Waals surface area (Å²) in [5, 5.41) is 0. The summed E-state index contributed by atoms with van der Waals surface area (Å²) < 4.78 is 7.19. The SMILES string of the molecule is CCCCCOC(=O)c1c2c(n3ccc(-c4ccncc4)cc13)C(=O)c1ccccc1C2=O. The van der Waals surface area contributed by atoms with Crippen LogP contribution in [0.2, 0.25) is 0 Å². The average molecular weight is 438 g/mol. The highest BCUT2D eigenvalue weighted by Crippen LogP contribution is 2.35. The first-order chi connectivity index (χ1) is 16.1. The largest absolute Gasteiger partial charge is 0.462 e. The molecule has 4 aromatic rings. The highest BCUT2D eigenvalue weighted by atomic mass is 16.5. The molecule has 0 N–H and O–H groups in total. The molecule has 164 valence electrons. The quantitative estimate of drug-likeness (QED) is 0.271.